The van der Waals surface area contributed by atoms with Crippen molar-refractivity contribution in [3.8, 4) is 0 Å². The summed E-state index contributed by atoms with van der Waals surface area (Å²) in [5.41, 5.74) is 5.05. The first-order chi connectivity index (χ1) is 14.6. The van der Waals surface area contributed by atoms with E-state index in [1.165, 1.54) is 22.2 Å². The van der Waals surface area contributed by atoms with E-state index in [-0.39, 0.29) is 24.9 Å². The fourth-order valence-electron chi connectivity index (χ4n) is 4.33. The number of hydrogen-bond acceptors (Lipinski definition) is 4. The molecule has 0 saturated carbocycles. The van der Waals surface area contributed by atoms with Crippen LogP contribution in [0.1, 0.15) is 18.1 Å². The van der Waals surface area contributed by atoms with Gasteiger partial charge in [-0.2, -0.15) is 0 Å². The normalized spacial score (nSPS) is 14.5. The lowest BCUT2D eigenvalue weighted by Crippen LogP contribution is -2.47. The lowest BCUT2D eigenvalue weighted by Gasteiger charge is -2.36. The first kappa shape index (κ1) is 23.2. The van der Waals surface area contributed by atoms with Gasteiger partial charge in [-0.25, -0.2) is 0 Å². The minimum atomic E-state index is -0.183. The number of rotatable bonds is 7. The van der Waals surface area contributed by atoms with Crippen molar-refractivity contribution < 1.29 is 9.53 Å². The monoisotopic (exact) mass is 441 g/mol. The Morgan fingerprint density at radius 3 is 2.55 bits per heavy atom. The number of carbonyl (C=O) groups is 1. The fourth-order valence-corrected chi connectivity index (χ4v) is 4.33. The average Bonchev–Trinajstić information content (AvgIpc) is 3.10. The van der Waals surface area contributed by atoms with Crippen LogP contribution in [0.3, 0.4) is 0 Å². The maximum absolute atomic E-state index is 12.0. The van der Waals surface area contributed by atoms with Gasteiger partial charge in [0.1, 0.15) is 6.54 Å². The summed E-state index contributed by atoms with van der Waals surface area (Å²) >= 11 is 0. The molecular formula is C25H32ClN3O2. The molecule has 2 aromatic carbocycles. The highest BCUT2D eigenvalue weighted by molar-refractivity contribution is 5.86. The number of esters is 1. The predicted molar refractivity (Wildman–Crippen MR) is 129 cm³/mol. The number of nitrogens with zero attached hydrogens (tertiary/aromatic N) is 3. The zero-order chi connectivity index (χ0) is 20.9. The number of hydrogen-bond donors (Lipinski definition) is 0. The van der Waals surface area contributed by atoms with Crippen LogP contribution in [0.4, 0.5) is 5.69 Å². The highest BCUT2D eigenvalue weighted by Crippen LogP contribution is 2.23. The number of aromatic nitrogens is 1. The summed E-state index contributed by atoms with van der Waals surface area (Å²) in [5.74, 6) is -0.183. The fraction of sp³-hybridized carbons (Fsp3) is 0.400. The lowest BCUT2D eigenvalue weighted by atomic mass is 10.1. The van der Waals surface area contributed by atoms with Crippen molar-refractivity contribution >= 4 is 35.0 Å². The van der Waals surface area contributed by atoms with Crippen molar-refractivity contribution in [1.29, 1.82) is 0 Å². The number of benzene rings is 2. The Morgan fingerprint density at radius 1 is 1.03 bits per heavy atom. The molecule has 1 saturated heterocycles. The average molecular weight is 442 g/mol. The predicted octanol–water partition coefficient (Wildman–Crippen LogP) is 4.30. The molecule has 0 unspecified atom stereocenters. The number of para-hydroxylation sites is 1. The molecule has 0 N–H and O–H groups in total. The Labute approximate surface area is 191 Å². The number of ether oxygens (including phenoxy) is 1. The second-order valence-electron chi connectivity index (χ2n) is 8.02. The third-order valence-corrected chi connectivity index (χ3v) is 5.91. The van der Waals surface area contributed by atoms with E-state index in [0.29, 0.717) is 6.61 Å². The summed E-state index contributed by atoms with van der Waals surface area (Å²) in [7, 11) is 0. The molecule has 0 spiro atoms. The van der Waals surface area contributed by atoms with E-state index in [1.54, 1.807) is 0 Å². The maximum atomic E-state index is 12.0. The second-order valence-corrected chi connectivity index (χ2v) is 8.02. The molecule has 1 aliphatic rings. The molecule has 0 aliphatic carbocycles. The Morgan fingerprint density at radius 2 is 1.81 bits per heavy atom. The van der Waals surface area contributed by atoms with E-state index in [0.717, 1.165) is 44.7 Å². The molecule has 31 heavy (non-hydrogen) atoms. The van der Waals surface area contributed by atoms with E-state index < -0.39 is 0 Å². The first-order valence-electron chi connectivity index (χ1n) is 10.9. The van der Waals surface area contributed by atoms with Gasteiger partial charge in [0.25, 0.3) is 0 Å². The van der Waals surface area contributed by atoms with Gasteiger partial charge in [-0.15, -0.1) is 12.4 Å². The Kier molecular flexibility index (Phi) is 7.99. The molecular weight excluding hydrogens is 410 g/mol. The van der Waals surface area contributed by atoms with Gasteiger partial charge in [0, 0.05) is 55.5 Å². The quantitative estimate of drug-likeness (QED) is 0.512. The largest absolute Gasteiger partial charge is 0.465 e. The zero-order valence-electron chi connectivity index (χ0n) is 18.4. The molecule has 3 aromatic rings. The molecule has 166 valence electrons. The van der Waals surface area contributed by atoms with Crippen LogP contribution in [0, 0.1) is 6.92 Å². The van der Waals surface area contributed by atoms with Gasteiger partial charge in [0.05, 0.1) is 6.61 Å². The lowest BCUT2D eigenvalue weighted by molar-refractivity contribution is -0.143. The van der Waals surface area contributed by atoms with Crippen LogP contribution in [-0.4, -0.2) is 54.8 Å². The van der Waals surface area contributed by atoms with Crippen molar-refractivity contribution in [3.05, 3.63) is 65.9 Å². The number of piperazine rings is 1. The first-order valence-corrected chi connectivity index (χ1v) is 10.9. The van der Waals surface area contributed by atoms with Crippen molar-refractivity contribution in [2.24, 2.45) is 0 Å². The van der Waals surface area contributed by atoms with Gasteiger partial charge in [-0.3, -0.25) is 9.69 Å². The van der Waals surface area contributed by atoms with E-state index in [9.17, 15) is 4.79 Å². The van der Waals surface area contributed by atoms with Crippen LogP contribution in [-0.2, 0) is 22.5 Å². The molecule has 0 radical (unpaired) electrons. The van der Waals surface area contributed by atoms with E-state index >= 15 is 0 Å². The molecule has 4 rings (SSSR count). The number of anilines is 1. The number of fused-ring (bicyclic) bond motifs is 1. The second kappa shape index (κ2) is 10.7. The summed E-state index contributed by atoms with van der Waals surface area (Å²) in [6.07, 6.45) is 3.12. The molecule has 1 aromatic heterocycles. The molecule has 2 heterocycles. The van der Waals surface area contributed by atoms with Crippen LogP contribution in [0.15, 0.2) is 54.7 Å². The highest BCUT2D eigenvalue weighted by Gasteiger charge is 2.18. The zero-order valence-corrected chi connectivity index (χ0v) is 19.2. The third-order valence-electron chi connectivity index (χ3n) is 5.91. The van der Waals surface area contributed by atoms with Crippen molar-refractivity contribution in [2.75, 3.05) is 44.2 Å². The van der Waals surface area contributed by atoms with Crippen molar-refractivity contribution in [2.45, 2.75) is 26.8 Å². The van der Waals surface area contributed by atoms with Gasteiger partial charge < -0.3 is 14.2 Å². The van der Waals surface area contributed by atoms with Crippen LogP contribution in [0.25, 0.3) is 10.9 Å². The summed E-state index contributed by atoms with van der Waals surface area (Å²) in [6.45, 7) is 10.00. The molecule has 0 bridgehead atoms. The standard InChI is InChI=1S/C25H31N3O2.ClH/c1-3-30-25(29)19-28-18-21(23-9-4-5-10-24(23)28)11-12-26-13-15-27(16-14-26)22-8-6-7-20(2)17-22;/h4-10,17-18H,3,11-16,19H2,1-2H3;1H. The van der Waals surface area contributed by atoms with Crippen LogP contribution in [0.5, 0.6) is 0 Å². The molecule has 6 heteroatoms. The summed E-state index contributed by atoms with van der Waals surface area (Å²) < 4.78 is 7.17. The molecule has 1 fully saturated rings. The number of halogens is 1. The number of aryl methyl sites for hydroxylation is 1. The van der Waals surface area contributed by atoms with Gasteiger partial charge in [0.2, 0.25) is 0 Å². The van der Waals surface area contributed by atoms with Crippen LogP contribution < -0.4 is 4.90 Å². The topological polar surface area (TPSA) is 37.7 Å². The van der Waals surface area contributed by atoms with E-state index in [2.05, 4.69) is 65.4 Å². The van der Waals surface area contributed by atoms with Gasteiger partial charge in [0.15, 0.2) is 0 Å². The van der Waals surface area contributed by atoms with Gasteiger partial charge in [-0.1, -0.05) is 30.3 Å². The summed E-state index contributed by atoms with van der Waals surface area (Å²) in [6, 6.07) is 17.1. The Bertz CT molecular complexity index is 1010. The van der Waals surface area contributed by atoms with E-state index in [4.69, 9.17) is 4.74 Å². The van der Waals surface area contributed by atoms with Crippen LogP contribution in [0.2, 0.25) is 0 Å². The number of carbonyl (C=O) groups excluding carboxylic acids is 1. The molecule has 5 nitrogen and oxygen atoms in total. The third kappa shape index (κ3) is 5.60. The smallest absolute Gasteiger partial charge is 0.325 e. The SMILES string of the molecule is CCOC(=O)Cn1cc(CCN2CCN(c3cccc(C)c3)CC2)c2ccccc21.Cl. The molecule has 0 atom stereocenters. The van der Waals surface area contributed by atoms with Crippen molar-refractivity contribution in [3.63, 3.8) is 0 Å². The Hall–Kier alpha value is -2.50. The maximum Gasteiger partial charge on any atom is 0.325 e. The molecule has 0 amide bonds. The van der Waals surface area contributed by atoms with Gasteiger partial charge >= 0.3 is 5.97 Å². The highest BCUT2D eigenvalue weighted by atomic mass is 35.5. The van der Waals surface area contributed by atoms with Crippen molar-refractivity contribution in [1.82, 2.24) is 9.47 Å². The Balaban J connectivity index is 0.00000272. The molecule has 1 aliphatic heterocycles. The minimum Gasteiger partial charge on any atom is -0.465 e. The van der Waals surface area contributed by atoms with Crippen LogP contribution >= 0.6 is 12.4 Å². The van der Waals surface area contributed by atoms with E-state index in [1.807, 2.05) is 17.6 Å². The summed E-state index contributed by atoms with van der Waals surface area (Å²) in [4.78, 5) is 17.0. The van der Waals surface area contributed by atoms with Gasteiger partial charge in [-0.05, 0) is 49.6 Å². The minimum absolute atomic E-state index is 0. The summed E-state index contributed by atoms with van der Waals surface area (Å²) in [5, 5.41) is 1.24.